The van der Waals surface area contributed by atoms with Gasteiger partial charge in [-0.1, -0.05) is 6.07 Å². The zero-order chi connectivity index (χ0) is 12.4. The molecular weight excluding hydrogens is 220 g/mol. The molecule has 0 saturated heterocycles. The van der Waals surface area contributed by atoms with Gasteiger partial charge in [-0.3, -0.25) is 14.6 Å². The fourth-order valence-corrected chi connectivity index (χ4v) is 1.93. The first-order chi connectivity index (χ1) is 8.09. The number of aliphatic carboxylic acids is 1. The molecule has 0 radical (unpaired) electrons. The molecule has 5 nitrogen and oxygen atoms in total. The summed E-state index contributed by atoms with van der Waals surface area (Å²) in [5.74, 6) is -2.38. The van der Waals surface area contributed by atoms with Crippen LogP contribution in [0, 0.1) is 5.92 Å². The first-order valence-electron chi connectivity index (χ1n) is 5.54. The molecule has 1 amide bonds. The highest BCUT2D eigenvalue weighted by atomic mass is 16.4. The van der Waals surface area contributed by atoms with Gasteiger partial charge in [-0.05, 0) is 18.6 Å². The lowest BCUT2D eigenvalue weighted by atomic mass is 10.0. The number of carboxylic acids is 1. The van der Waals surface area contributed by atoms with Crippen molar-refractivity contribution in [2.24, 2.45) is 5.92 Å². The van der Waals surface area contributed by atoms with Crippen LogP contribution in [0.3, 0.4) is 0 Å². The van der Waals surface area contributed by atoms with Crippen molar-refractivity contribution < 1.29 is 14.7 Å². The maximum Gasteiger partial charge on any atom is 0.315 e. The first kappa shape index (κ1) is 11.6. The Balaban J connectivity index is 2.12. The SMILES string of the molecule is CC(C(=O)O)C(=O)N1CCc2ncccc2C1. The van der Waals surface area contributed by atoms with E-state index in [0.717, 1.165) is 11.3 Å². The monoisotopic (exact) mass is 234 g/mol. The van der Waals surface area contributed by atoms with Gasteiger partial charge in [0.25, 0.3) is 0 Å². The lowest BCUT2D eigenvalue weighted by molar-refractivity contribution is -0.150. The second-order valence-electron chi connectivity index (χ2n) is 4.18. The van der Waals surface area contributed by atoms with Crippen LogP contribution in [-0.4, -0.2) is 33.4 Å². The number of carbonyl (C=O) groups is 2. The predicted octanol–water partition coefficient (Wildman–Crippen LogP) is 0.687. The first-order valence-corrected chi connectivity index (χ1v) is 5.54. The van der Waals surface area contributed by atoms with Crippen LogP contribution in [0.15, 0.2) is 18.3 Å². The highest BCUT2D eigenvalue weighted by Gasteiger charge is 2.28. The number of rotatable bonds is 2. The highest BCUT2D eigenvalue weighted by molar-refractivity contribution is 5.96. The van der Waals surface area contributed by atoms with Gasteiger partial charge in [0.05, 0.1) is 0 Å². The van der Waals surface area contributed by atoms with Gasteiger partial charge in [0, 0.05) is 31.4 Å². The minimum Gasteiger partial charge on any atom is -0.481 e. The van der Waals surface area contributed by atoms with Gasteiger partial charge < -0.3 is 10.0 Å². The molecule has 0 saturated carbocycles. The van der Waals surface area contributed by atoms with Crippen LogP contribution >= 0.6 is 0 Å². The Morgan fingerprint density at radius 1 is 1.53 bits per heavy atom. The third kappa shape index (κ3) is 2.27. The summed E-state index contributed by atoms with van der Waals surface area (Å²) in [4.78, 5) is 28.5. The molecule has 1 aromatic rings. The maximum atomic E-state index is 11.9. The Bertz CT molecular complexity index is 459. The summed E-state index contributed by atoms with van der Waals surface area (Å²) >= 11 is 0. The second kappa shape index (κ2) is 4.53. The Kier molecular flexibility index (Phi) is 3.08. The molecule has 2 heterocycles. The van der Waals surface area contributed by atoms with E-state index < -0.39 is 11.9 Å². The van der Waals surface area contributed by atoms with Crippen molar-refractivity contribution in [1.29, 1.82) is 0 Å². The molecule has 1 aromatic heterocycles. The fraction of sp³-hybridized carbons (Fsp3) is 0.417. The van der Waals surface area contributed by atoms with Crippen molar-refractivity contribution in [1.82, 2.24) is 9.88 Å². The van der Waals surface area contributed by atoms with Crippen LogP contribution in [0.1, 0.15) is 18.2 Å². The van der Waals surface area contributed by atoms with Gasteiger partial charge in [0.2, 0.25) is 5.91 Å². The number of nitrogens with zero attached hydrogens (tertiary/aromatic N) is 2. The van der Waals surface area contributed by atoms with Gasteiger partial charge in [-0.2, -0.15) is 0 Å². The van der Waals surface area contributed by atoms with E-state index in [4.69, 9.17) is 5.11 Å². The van der Waals surface area contributed by atoms with Crippen LogP contribution in [0.5, 0.6) is 0 Å². The van der Waals surface area contributed by atoms with Gasteiger partial charge >= 0.3 is 5.97 Å². The molecule has 17 heavy (non-hydrogen) atoms. The average molecular weight is 234 g/mol. The standard InChI is InChI=1S/C12H14N2O3/c1-8(12(16)17)11(15)14-6-4-10-9(7-14)3-2-5-13-10/h2-3,5,8H,4,6-7H2,1H3,(H,16,17). The molecule has 0 spiro atoms. The molecule has 1 atom stereocenters. The number of pyridine rings is 1. The molecule has 5 heteroatoms. The molecule has 0 aromatic carbocycles. The van der Waals surface area contributed by atoms with Crippen molar-refractivity contribution in [3.8, 4) is 0 Å². The number of fused-ring (bicyclic) bond motifs is 1. The fourth-order valence-electron chi connectivity index (χ4n) is 1.93. The van der Waals surface area contributed by atoms with E-state index in [1.54, 1.807) is 11.1 Å². The van der Waals surface area contributed by atoms with E-state index in [0.29, 0.717) is 19.5 Å². The molecular formula is C12H14N2O3. The van der Waals surface area contributed by atoms with Crippen molar-refractivity contribution >= 4 is 11.9 Å². The summed E-state index contributed by atoms with van der Waals surface area (Å²) in [6.07, 6.45) is 2.42. The summed E-state index contributed by atoms with van der Waals surface area (Å²) in [5.41, 5.74) is 2.00. The molecule has 1 aliphatic heterocycles. The van der Waals surface area contributed by atoms with Gasteiger partial charge in [0.15, 0.2) is 0 Å². The lowest BCUT2D eigenvalue weighted by Gasteiger charge is -2.29. The Morgan fingerprint density at radius 2 is 2.29 bits per heavy atom. The van der Waals surface area contributed by atoms with Crippen molar-refractivity contribution in [3.05, 3.63) is 29.6 Å². The number of carbonyl (C=O) groups excluding carboxylic acids is 1. The van der Waals surface area contributed by atoms with E-state index >= 15 is 0 Å². The lowest BCUT2D eigenvalue weighted by Crippen LogP contribution is -2.41. The molecule has 90 valence electrons. The molecule has 1 N–H and O–H groups in total. The van der Waals surface area contributed by atoms with Crippen molar-refractivity contribution in [2.75, 3.05) is 6.54 Å². The molecule has 1 aliphatic rings. The maximum absolute atomic E-state index is 11.9. The molecule has 0 aliphatic carbocycles. The predicted molar refractivity (Wildman–Crippen MR) is 60.2 cm³/mol. The largest absolute Gasteiger partial charge is 0.481 e. The number of amides is 1. The van der Waals surface area contributed by atoms with E-state index in [2.05, 4.69) is 4.98 Å². The van der Waals surface area contributed by atoms with E-state index in [-0.39, 0.29) is 5.91 Å². The normalized spacial score (nSPS) is 16.2. The number of hydrogen-bond donors (Lipinski definition) is 1. The molecule has 2 rings (SSSR count). The summed E-state index contributed by atoms with van der Waals surface area (Å²) < 4.78 is 0. The van der Waals surface area contributed by atoms with Crippen LogP contribution in [-0.2, 0) is 22.6 Å². The van der Waals surface area contributed by atoms with E-state index in [1.165, 1.54) is 6.92 Å². The van der Waals surface area contributed by atoms with Crippen LogP contribution in [0.2, 0.25) is 0 Å². The summed E-state index contributed by atoms with van der Waals surface area (Å²) in [5, 5.41) is 8.82. The number of carboxylic acid groups (broad SMARTS) is 1. The Morgan fingerprint density at radius 3 is 3.00 bits per heavy atom. The van der Waals surface area contributed by atoms with E-state index in [1.807, 2.05) is 12.1 Å². The third-order valence-corrected chi connectivity index (χ3v) is 3.02. The van der Waals surface area contributed by atoms with E-state index in [9.17, 15) is 9.59 Å². The van der Waals surface area contributed by atoms with Crippen molar-refractivity contribution in [3.63, 3.8) is 0 Å². The van der Waals surface area contributed by atoms with Gasteiger partial charge in [-0.25, -0.2) is 0 Å². The van der Waals surface area contributed by atoms with Gasteiger partial charge in [-0.15, -0.1) is 0 Å². The van der Waals surface area contributed by atoms with Crippen LogP contribution in [0.25, 0.3) is 0 Å². The average Bonchev–Trinajstić information content (AvgIpc) is 2.36. The zero-order valence-corrected chi connectivity index (χ0v) is 9.59. The summed E-state index contributed by atoms with van der Waals surface area (Å²) in [6, 6.07) is 3.75. The number of hydrogen-bond acceptors (Lipinski definition) is 3. The van der Waals surface area contributed by atoms with Crippen LogP contribution in [0.4, 0.5) is 0 Å². The zero-order valence-electron chi connectivity index (χ0n) is 9.59. The van der Waals surface area contributed by atoms with Gasteiger partial charge in [0.1, 0.15) is 5.92 Å². The minimum absolute atomic E-state index is 0.327. The highest BCUT2D eigenvalue weighted by Crippen LogP contribution is 2.18. The van der Waals surface area contributed by atoms with Crippen molar-refractivity contribution in [2.45, 2.75) is 19.9 Å². The summed E-state index contributed by atoms with van der Waals surface area (Å²) in [6.45, 7) is 2.42. The second-order valence-corrected chi connectivity index (χ2v) is 4.18. The topological polar surface area (TPSA) is 70.5 Å². The quantitative estimate of drug-likeness (QED) is 0.764. The minimum atomic E-state index is -1.08. The molecule has 0 bridgehead atoms. The molecule has 0 fully saturated rings. The molecule has 1 unspecified atom stereocenters. The number of aromatic nitrogens is 1. The Hall–Kier alpha value is -1.91. The summed E-state index contributed by atoms with van der Waals surface area (Å²) in [7, 11) is 0. The Labute approximate surface area is 99.1 Å². The third-order valence-electron chi connectivity index (χ3n) is 3.02. The van der Waals surface area contributed by atoms with Crippen LogP contribution < -0.4 is 0 Å². The smallest absolute Gasteiger partial charge is 0.315 e.